The van der Waals surface area contributed by atoms with Gasteiger partial charge in [0.25, 0.3) is 0 Å². The van der Waals surface area contributed by atoms with Crippen LogP contribution in [0, 0.1) is 6.92 Å². The van der Waals surface area contributed by atoms with Crippen molar-refractivity contribution in [2.75, 3.05) is 5.32 Å². The third-order valence-corrected chi connectivity index (χ3v) is 2.78. The SMILES string of the molecule is Cc1nc(-c2ccc(CNc3cnccn3)cc2)no1. The number of nitrogens with zero attached hydrogens (tertiary/aromatic N) is 4. The molecule has 0 aliphatic rings. The fourth-order valence-electron chi connectivity index (χ4n) is 1.77. The van der Waals surface area contributed by atoms with Crippen LogP contribution in [0.4, 0.5) is 5.82 Å². The molecule has 6 nitrogen and oxygen atoms in total. The molecule has 0 amide bonds. The molecule has 3 rings (SSSR count). The zero-order chi connectivity index (χ0) is 13.8. The third-order valence-electron chi connectivity index (χ3n) is 2.78. The van der Waals surface area contributed by atoms with E-state index < -0.39 is 0 Å². The highest BCUT2D eigenvalue weighted by atomic mass is 16.5. The topological polar surface area (TPSA) is 76.7 Å². The summed E-state index contributed by atoms with van der Waals surface area (Å²) in [5, 5.41) is 7.09. The first-order valence-electron chi connectivity index (χ1n) is 6.21. The molecular formula is C14H13N5O. The monoisotopic (exact) mass is 267 g/mol. The highest BCUT2D eigenvalue weighted by molar-refractivity contribution is 5.54. The summed E-state index contributed by atoms with van der Waals surface area (Å²) in [6, 6.07) is 7.98. The molecule has 1 N–H and O–H groups in total. The van der Waals surface area contributed by atoms with Crippen LogP contribution in [0.5, 0.6) is 0 Å². The minimum Gasteiger partial charge on any atom is -0.365 e. The lowest BCUT2D eigenvalue weighted by atomic mass is 10.1. The van der Waals surface area contributed by atoms with Crippen LogP contribution in [0.25, 0.3) is 11.4 Å². The van der Waals surface area contributed by atoms with Crippen molar-refractivity contribution in [3.63, 3.8) is 0 Å². The Morgan fingerprint density at radius 1 is 1.15 bits per heavy atom. The van der Waals surface area contributed by atoms with E-state index in [0.29, 0.717) is 18.3 Å². The maximum absolute atomic E-state index is 4.97. The molecule has 0 bridgehead atoms. The van der Waals surface area contributed by atoms with Crippen molar-refractivity contribution in [1.82, 2.24) is 20.1 Å². The van der Waals surface area contributed by atoms with Gasteiger partial charge in [-0.2, -0.15) is 4.98 Å². The summed E-state index contributed by atoms with van der Waals surface area (Å²) in [5.74, 6) is 1.93. The lowest BCUT2D eigenvalue weighted by Gasteiger charge is -2.05. The van der Waals surface area contributed by atoms with Crippen molar-refractivity contribution >= 4 is 5.82 Å². The molecule has 6 heteroatoms. The third kappa shape index (κ3) is 2.80. The molecule has 0 spiro atoms. The molecule has 0 atom stereocenters. The number of hydrogen-bond acceptors (Lipinski definition) is 6. The molecule has 0 unspecified atom stereocenters. The molecule has 20 heavy (non-hydrogen) atoms. The predicted octanol–water partition coefficient (Wildman–Crippen LogP) is 2.45. The average molecular weight is 267 g/mol. The van der Waals surface area contributed by atoms with Crippen LogP contribution in [-0.4, -0.2) is 20.1 Å². The average Bonchev–Trinajstić information content (AvgIpc) is 2.93. The van der Waals surface area contributed by atoms with Crippen LogP contribution in [0.15, 0.2) is 47.4 Å². The van der Waals surface area contributed by atoms with E-state index in [0.717, 1.165) is 16.9 Å². The number of anilines is 1. The van der Waals surface area contributed by atoms with E-state index in [4.69, 9.17) is 4.52 Å². The fourth-order valence-corrected chi connectivity index (χ4v) is 1.77. The van der Waals surface area contributed by atoms with Crippen LogP contribution in [-0.2, 0) is 6.54 Å². The predicted molar refractivity (Wildman–Crippen MR) is 73.8 cm³/mol. The maximum atomic E-state index is 4.97. The van der Waals surface area contributed by atoms with E-state index in [1.165, 1.54) is 0 Å². The van der Waals surface area contributed by atoms with E-state index in [1.54, 1.807) is 25.5 Å². The second-order valence-corrected chi connectivity index (χ2v) is 4.28. The summed E-state index contributed by atoms with van der Waals surface area (Å²) in [6.45, 7) is 2.46. The minimum atomic E-state index is 0.563. The summed E-state index contributed by atoms with van der Waals surface area (Å²) in [4.78, 5) is 12.3. The minimum absolute atomic E-state index is 0.563. The van der Waals surface area contributed by atoms with Gasteiger partial charge in [0.2, 0.25) is 11.7 Å². The molecule has 1 aromatic carbocycles. The molecule has 0 aliphatic heterocycles. The molecular weight excluding hydrogens is 254 g/mol. The Hall–Kier alpha value is -2.76. The number of aromatic nitrogens is 4. The lowest BCUT2D eigenvalue weighted by Crippen LogP contribution is -2.01. The number of benzene rings is 1. The van der Waals surface area contributed by atoms with Crippen LogP contribution in [0.2, 0.25) is 0 Å². The highest BCUT2D eigenvalue weighted by Crippen LogP contribution is 2.16. The standard InChI is InChI=1S/C14H13N5O/c1-10-18-14(19-20-10)12-4-2-11(3-5-12)8-17-13-9-15-6-7-16-13/h2-7,9H,8H2,1H3,(H,16,17). The lowest BCUT2D eigenvalue weighted by molar-refractivity contribution is 0.394. The highest BCUT2D eigenvalue weighted by Gasteiger charge is 2.05. The molecule has 0 aliphatic carbocycles. The Balaban J connectivity index is 1.67. The van der Waals surface area contributed by atoms with Crippen molar-refractivity contribution in [3.05, 3.63) is 54.3 Å². The normalized spacial score (nSPS) is 10.4. The van der Waals surface area contributed by atoms with Crippen molar-refractivity contribution in [1.29, 1.82) is 0 Å². The van der Waals surface area contributed by atoms with Crippen LogP contribution in [0.1, 0.15) is 11.5 Å². The van der Waals surface area contributed by atoms with Crippen molar-refractivity contribution in [2.24, 2.45) is 0 Å². The summed E-state index contributed by atoms with van der Waals surface area (Å²) < 4.78 is 4.97. The first-order chi connectivity index (χ1) is 9.81. The number of aryl methyl sites for hydroxylation is 1. The van der Waals surface area contributed by atoms with Gasteiger partial charge in [-0.1, -0.05) is 29.4 Å². The van der Waals surface area contributed by atoms with E-state index in [1.807, 2.05) is 24.3 Å². The number of rotatable bonds is 4. The molecule has 2 aromatic heterocycles. The van der Waals surface area contributed by atoms with Crippen LogP contribution in [0.3, 0.4) is 0 Å². The molecule has 2 heterocycles. The maximum Gasteiger partial charge on any atom is 0.223 e. The van der Waals surface area contributed by atoms with Crippen molar-refractivity contribution < 1.29 is 4.52 Å². The van der Waals surface area contributed by atoms with Crippen LogP contribution < -0.4 is 5.32 Å². The summed E-state index contributed by atoms with van der Waals surface area (Å²) in [7, 11) is 0. The quantitative estimate of drug-likeness (QED) is 0.782. The molecule has 3 aromatic rings. The Labute approximate surface area is 115 Å². The Morgan fingerprint density at radius 2 is 2.00 bits per heavy atom. The number of nitrogens with one attached hydrogen (secondary N) is 1. The first-order valence-corrected chi connectivity index (χ1v) is 6.21. The van der Waals surface area contributed by atoms with E-state index in [2.05, 4.69) is 25.4 Å². The molecule has 0 fully saturated rings. The van der Waals surface area contributed by atoms with Gasteiger partial charge in [-0.3, -0.25) is 4.98 Å². The van der Waals surface area contributed by atoms with Gasteiger partial charge in [-0.05, 0) is 5.56 Å². The van der Waals surface area contributed by atoms with Gasteiger partial charge in [0, 0.05) is 31.4 Å². The Kier molecular flexibility index (Phi) is 3.36. The van der Waals surface area contributed by atoms with Gasteiger partial charge >= 0.3 is 0 Å². The van der Waals surface area contributed by atoms with Crippen LogP contribution >= 0.6 is 0 Å². The van der Waals surface area contributed by atoms with Gasteiger partial charge in [0.05, 0.1) is 6.20 Å². The summed E-state index contributed by atoms with van der Waals surface area (Å²) >= 11 is 0. The zero-order valence-electron chi connectivity index (χ0n) is 10.9. The van der Waals surface area contributed by atoms with Crippen molar-refractivity contribution in [3.8, 4) is 11.4 Å². The number of hydrogen-bond donors (Lipinski definition) is 1. The van der Waals surface area contributed by atoms with Gasteiger partial charge in [0.15, 0.2) is 0 Å². The second kappa shape index (κ2) is 5.48. The van der Waals surface area contributed by atoms with Gasteiger partial charge in [0.1, 0.15) is 5.82 Å². The Bertz CT molecular complexity index is 678. The smallest absolute Gasteiger partial charge is 0.223 e. The second-order valence-electron chi connectivity index (χ2n) is 4.28. The summed E-state index contributed by atoms with van der Waals surface area (Å²) in [5.41, 5.74) is 2.07. The van der Waals surface area contributed by atoms with Gasteiger partial charge < -0.3 is 9.84 Å². The van der Waals surface area contributed by atoms with Gasteiger partial charge in [-0.15, -0.1) is 0 Å². The molecule has 0 radical (unpaired) electrons. The Morgan fingerprint density at radius 3 is 2.65 bits per heavy atom. The molecule has 0 saturated carbocycles. The molecule has 100 valence electrons. The van der Waals surface area contributed by atoms with Crippen molar-refractivity contribution in [2.45, 2.75) is 13.5 Å². The molecule has 0 saturated heterocycles. The van der Waals surface area contributed by atoms with E-state index in [9.17, 15) is 0 Å². The fraction of sp³-hybridized carbons (Fsp3) is 0.143. The van der Waals surface area contributed by atoms with E-state index >= 15 is 0 Å². The largest absolute Gasteiger partial charge is 0.365 e. The van der Waals surface area contributed by atoms with E-state index in [-0.39, 0.29) is 0 Å². The zero-order valence-corrected chi connectivity index (χ0v) is 10.9. The van der Waals surface area contributed by atoms with Gasteiger partial charge in [-0.25, -0.2) is 4.98 Å². The first kappa shape index (κ1) is 12.3. The summed E-state index contributed by atoms with van der Waals surface area (Å²) in [6.07, 6.45) is 4.99.